The zero-order valence-electron chi connectivity index (χ0n) is 10.7. The van der Waals surface area contributed by atoms with Gasteiger partial charge in [-0.2, -0.15) is 13.2 Å². The first kappa shape index (κ1) is 15.4. The van der Waals surface area contributed by atoms with Crippen LogP contribution in [0.25, 0.3) is 0 Å². The molecule has 110 valence electrons. The van der Waals surface area contributed by atoms with E-state index in [1.165, 1.54) is 6.07 Å². The number of hydrogen-bond donors (Lipinski definition) is 0. The first-order chi connectivity index (χ1) is 9.86. The molecule has 0 spiro atoms. The topological polar surface area (TPSA) is 26.3 Å². The van der Waals surface area contributed by atoms with E-state index in [-0.39, 0.29) is 6.42 Å². The summed E-state index contributed by atoms with van der Waals surface area (Å²) in [6.45, 7) is 0. The molecule has 0 unspecified atom stereocenters. The fourth-order valence-electron chi connectivity index (χ4n) is 1.72. The van der Waals surface area contributed by atoms with E-state index < -0.39 is 22.7 Å². The van der Waals surface area contributed by atoms with Crippen LogP contribution < -0.4 is 4.74 Å². The third-order valence-corrected chi connectivity index (χ3v) is 2.97. The van der Waals surface area contributed by atoms with Gasteiger partial charge in [-0.3, -0.25) is 4.79 Å². The van der Waals surface area contributed by atoms with Crippen molar-refractivity contribution in [1.29, 1.82) is 0 Å². The van der Waals surface area contributed by atoms with Gasteiger partial charge in [-0.1, -0.05) is 35.9 Å². The van der Waals surface area contributed by atoms with Gasteiger partial charge in [0.2, 0.25) is 0 Å². The molecular weight excluding hydrogens is 305 g/mol. The second-order valence-corrected chi connectivity index (χ2v) is 4.68. The standard InChI is InChI=1S/C15H10ClF3O2/c16-13-8-10(6-7-12(13)15(17,18)19)9-14(20)21-11-4-2-1-3-5-11/h1-8H,9H2. The van der Waals surface area contributed by atoms with Crippen LogP contribution in [0.4, 0.5) is 13.2 Å². The molecule has 0 aliphatic heterocycles. The molecule has 0 saturated heterocycles. The van der Waals surface area contributed by atoms with Crippen LogP contribution in [0, 0.1) is 0 Å². The molecule has 0 radical (unpaired) electrons. The average Bonchev–Trinajstić information content (AvgIpc) is 2.38. The highest BCUT2D eigenvalue weighted by Crippen LogP contribution is 2.35. The van der Waals surface area contributed by atoms with Crippen molar-refractivity contribution in [3.63, 3.8) is 0 Å². The van der Waals surface area contributed by atoms with E-state index in [1.54, 1.807) is 30.3 Å². The van der Waals surface area contributed by atoms with Crippen molar-refractivity contribution < 1.29 is 22.7 Å². The number of carbonyl (C=O) groups excluding carboxylic acids is 1. The Balaban J connectivity index is 2.07. The molecule has 0 fully saturated rings. The van der Waals surface area contributed by atoms with Gasteiger partial charge in [-0.15, -0.1) is 0 Å². The molecular formula is C15H10ClF3O2. The second kappa shape index (κ2) is 6.18. The zero-order chi connectivity index (χ0) is 15.5. The average molecular weight is 315 g/mol. The number of ether oxygens (including phenoxy) is 1. The minimum atomic E-state index is -4.51. The SMILES string of the molecule is O=C(Cc1ccc(C(F)(F)F)c(Cl)c1)Oc1ccccc1. The van der Waals surface area contributed by atoms with Gasteiger partial charge in [0.25, 0.3) is 0 Å². The van der Waals surface area contributed by atoms with Crippen LogP contribution in [-0.4, -0.2) is 5.97 Å². The van der Waals surface area contributed by atoms with E-state index >= 15 is 0 Å². The minimum absolute atomic E-state index is 0.160. The van der Waals surface area contributed by atoms with Crippen molar-refractivity contribution in [3.8, 4) is 5.75 Å². The van der Waals surface area contributed by atoms with E-state index in [9.17, 15) is 18.0 Å². The lowest BCUT2D eigenvalue weighted by atomic mass is 10.1. The molecule has 0 saturated carbocycles. The van der Waals surface area contributed by atoms with Crippen LogP contribution in [0.3, 0.4) is 0 Å². The summed E-state index contributed by atoms with van der Waals surface area (Å²) in [7, 11) is 0. The lowest BCUT2D eigenvalue weighted by molar-refractivity contribution is -0.137. The summed E-state index contributed by atoms with van der Waals surface area (Å²) >= 11 is 5.59. The number of benzene rings is 2. The molecule has 0 heterocycles. The highest BCUT2D eigenvalue weighted by molar-refractivity contribution is 6.31. The molecule has 0 amide bonds. The largest absolute Gasteiger partial charge is 0.426 e. The molecule has 0 aromatic heterocycles. The molecule has 2 aromatic carbocycles. The number of esters is 1. The summed E-state index contributed by atoms with van der Waals surface area (Å²) in [6, 6.07) is 11.6. The molecule has 0 aliphatic rings. The number of hydrogen-bond acceptors (Lipinski definition) is 2. The van der Waals surface area contributed by atoms with E-state index in [2.05, 4.69) is 0 Å². The Morgan fingerprint density at radius 3 is 2.33 bits per heavy atom. The third-order valence-electron chi connectivity index (χ3n) is 2.66. The summed E-state index contributed by atoms with van der Waals surface area (Å²) < 4.78 is 42.7. The van der Waals surface area contributed by atoms with Crippen molar-refractivity contribution in [1.82, 2.24) is 0 Å². The molecule has 2 nitrogen and oxygen atoms in total. The highest BCUT2D eigenvalue weighted by Gasteiger charge is 2.33. The number of halogens is 4. The van der Waals surface area contributed by atoms with Gasteiger partial charge in [0.15, 0.2) is 0 Å². The molecule has 2 aromatic rings. The number of para-hydroxylation sites is 1. The van der Waals surface area contributed by atoms with E-state index in [4.69, 9.17) is 16.3 Å². The van der Waals surface area contributed by atoms with Gasteiger partial charge in [0, 0.05) is 0 Å². The summed E-state index contributed by atoms with van der Waals surface area (Å²) in [5, 5.41) is -0.437. The quantitative estimate of drug-likeness (QED) is 0.615. The Morgan fingerprint density at radius 2 is 1.76 bits per heavy atom. The Bertz CT molecular complexity index is 639. The first-order valence-corrected chi connectivity index (χ1v) is 6.35. The predicted octanol–water partition coefficient (Wildman–Crippen LogP) is 4.51. The molecule has 6 heteroatoms. The van der Waals surface area contributed by atoms with Crippen molar-refractivity contribution in [3.05, 3.63) is 64.7 Å². The fraction of sp³-hybridized carbons (Fsp3) is 0.133. The summed E-state index contributed by atoms with van der Waals surface area (Å²) in [6.07, 6.45) is -4.67. The zero-order valence-corrected chi connectivity index (χ0v) is 11.4. The summed E-state index contributed by atoms with van der Waals surface area (Å²) in [5.74, 6) is -0.197. The van der Waals surface area contributed by atoms with Gasteiger partial charge < -0.3 is 4.74 Å². The molecule has 0 N–H and O–H groups in total. The Morgan fingerprint density at radius 1 is 1.10 bits per heavy atom. The van der Waals surface area contributed by atoms with Crippen LogP contribution in [-0.2, 0) is 17.4 Å². The van der Waals surface area contributed by atoms with Gasteiger partial charge in [0.05, 0.1) is 17.0 Å². The van der Waals surface area contributed by atoms with Crippen LogP contribution >= 0.6 is 11.6 Å². The van der Waals surface area contributed by atoms with Crippen molar-refractivity contribution in [2.24, 2.45) is 0 Å². The summed E-state index contributed by atoms with van der Waals surface area (Å²) in [5.41, 5.74) is -0.571. The van der Waals surface area contributed by atoms with E-state index in [0.29, 0.717) is 11.3 Å². The number of rotatable bonds is 3. The van der Waals surface area contributed by atoms with Gasteiger partial charge in [-0.05, 0) is 29.8 Å². The van der Waals surface area contributed by atoms with Crippen LogP contribution in [0.1, 0.15) is 11.1 Å². The Labute approximate surface area is 124 Å². The Hall–Kier alpha value is -2.01. The number of carbonyl (C=O) groups is 1. The van der Waals surface area contributed by atoms with E-state index in [0.717, 1.165) is 12.1 Å². The van der Waals surface area contributed by atoms with Crippen molar-refractivity contribution in [2.75, 3.05) is 0 Å². The van der Waals surface area contributed by atoms with Crippen molar-refractivity contribution in [2.45, 2.75) is 12.6 Å². The van der Waals surface area contributed by atoms with Crippen molar-refractivity contribution >= 4 is 17.6 Å². The highest BCUT2D eigenvalue weighted by atomic mass is 35.5. The fourth-order valence-corrected chi connectivity index (χ4v) is 2.03. The van der Waals surface area contributed by atoms with E-state index in [1.807, 2.05) is 0 Å². The first-order valence-electron chi connectivity index (χ1n) is 5.97. The second-order valence-electron chi connectivity index (χ2n) is 4.28. The third kappa shape index (κ3) is 4.23. The minimum Gasteiger partial charge on any atom is -0.426 e. The summed E-state index contributed by atoms with van der Waals surface area (Å²) in [4.78, 5) is 11.7. The smallest absolute Gasteiger partial charge is 0.417 e. The van der Waals surface area contributed by atoms with Crippen LogP contribution in [0.2, 0.25) is 5.02 Å². The molecule has 2 rings (SSSR count). The predicted molar refractivity (Wildman–Crippen MR) is 72.2 cm³/mol. The molecule has 0 bridgehead atoms. The lowest BCUT2D eigenvalue weighted by Gasteiger charge is -2.10. The normalized spacial score (nSPS) is 11.2. The maximum absolute atomic E-state index is 12.6. The van der Waals surface area contributed by atoms with Crippen LogP contribution in [0.15, 0.2) is 48.5 Å². The number of alkyl halides is 3. The molecule has 0 atom stereocenters. The Kier molecular flexibility index (Phi) is 4.53. The molecule has 21 heavy (non-hydrogen) atoms. The van der Waals surface area contributed by atoms with Gasteiger partial charge in [-0.25, -0.2) is 0 Å². The maximum atomic E-state index is 12.6. The lowest BCUT2D eigenvalue weighted by Crippen LogP contribution is -2.12. The van der Waals surface area contributed by atoms with Crippen LogP contribution in [0.5, 0.6) is 5.75 Å². The maximum Gasteiger partial charge on any atom is 0.417 e. The van der Waals surface area contributed by atoms with Gasteiger partial charge >= 0.3 is 12.1 Å². The monoisotopic (exact) mass is 314 g/mol. The van der Waals surface area contributed by atoms with Gasteiger partial charge in [0.1, 0.15) is 5.75 Å². The molecule has 0 aliphatic carbocycles.